The Hall–Kier alpha value is -3.40. The molecule has 9 nitrogen and oxygen atoms in total. The van der Waals surface area contributed by atoms with Gasteiger partial charge in [-0.05, 0) is 63.6 Å². The number of likely N-dealkylation sites (tertiary alicyclic amines) is 1. The first-order chi connectivity index (χ1) is 18.0. The van der Waals surface area contributed by atoms with Gasteiger partial charge >= 0.3 is 11.9 Å². The number of nitrogens with zero attached hydrogens (tertiary/aromatic N) is 1. The summed E-state index contributed by atoms with van der Waals surface area (Å²) in [5, 5.41) is 32.5. The van der Waals surface area contributed by atoms with Crippen LogP contribution in [0.5, 0.6) is 11.5 Å². The molecule has 0 amide bonds. The van der Waals surface area contributed by atoms with Crippen LogP contribution in [0.1, 0.15) is 37.8 Å². The molecule has 0 aromatic heterocycles. The zero-order valence-electron chi connectivity index (χ0n) is 21.7. The highest BCUT2D eigenvalue weighted by atomic mass is 16.6. The third kappa shape index (κ3) is 3.72. The number of aliphatic hydroxyl groups is 2. The lowest BCUT2D eigenvalue weighted by molar-refractivity contribution is -0.176. The summed E-state index contributed by atoms with van der Waals surface area (Å²) in [4.78, 5) is 27.8. The van der Waals surface area contributed by atoms with E-state index in [0.29, 0.717) is 25.1 Å². The summed E-state index contributed by atoms with van der Waals surface area (Å²) in [7, 11) is 1.99. The van der Waals surface area contributed by atoms with Gasteiger partial charge < -0.3 is 34.4 Å². The smallest absolute Gasteiger partial charge is 0.357 e. The minimum absolute atomic E-state index is 0.0378. The summed E-state index contributed by atoms with van der Waals surface area (Å²) in [5.74, 6) is -1.47. The van der Waals surface area contributed by atoms with Gasteiger partial charge in [-0.1, -0.05) is 36.9 Å². The van der Waals surface area contributed by atoms with Crippen LogP contribution < -0.4 is 4.74 Å². The number of carbonyl (C=O) groups is 2. The molecule has 1 spiro atoms. The molecule has 2 aliphatic carbocycles. The Morgan fingerprint density at radius 2 is 2.05 bits per heavy atom. The van der Waals surface area contributed by atoms with E-state index in [-0.39, 0.29) is 29.5 Å². The standard InChI is InChI=1S/C29H33NO8/c1-5-6-7-8-16(2)23(38-26(33)17(3)31)27(34)36-20-11-12-29(35)21-15-18-9-10-19(32)24-22(18)28(29,25(20)37-24)13-14-30(21)4/h5-11,17,21,23,25,31-32,35H,2,12-15H2,1,3-4H3/b6-5-,8-7-/t17-,21+,23-,25?,28?,29+/m0/s1. The average Bonchev–Trinajstić information content (AvgIpc) is 3.23. The van der Waals surface area contributed by atoms with Gasteiger partial charge in [0.05, 0.1) is 11.0 Å². The quantitative estimate of drug-likeness (QED) is 0.364. The first-order valence-electron chi connectivity index (χ1n) is 12.8. The van der Waals surface area contributed by atoms with Crippen LogP contribution >= 0.6 is 0 Å². The fourth-order valence-electron chi connectivity index (χ4n) is 6.47. The molecule has 1 saturated heterocycles. The van der Waals surface area contributed by atoms with Gasteiger partial charge in [0.2, 0.25) is 6.10 Å². The van der Waals surface area contributed by atoms with E-state index >= 15 is 0 Å². The van der Waals surface area contributed by atoms with E-state index < -0.39 is 41.3 Å². The average molecular weight is 524 g/mol. The Morgan fingerprint density at radius 1 is 1.29 bits per heavy atom. The van der Waals surface area contributed by atoms with Gasteiger partial charge in [0.25, 0.3) is 0 Å². The molecule has 5 rings (SSSR count). The number of hydrogen-bond acceptors (Lipinski definition) is 9. The molecule has 0 saturated carbocycles. The molecule has 2 bridgehead atoms. The van der Waals surface area contributed by atoms with Crippen molar-refractivity contribution in [3.05, 3.63) is 71.6 Å². The summed E-state index contributed by atoms with van der Waals surface area (Å²) in [6, 6.07) is 3.27. The van der Waals surface area contributed by atoms with E-state index in [1.54, 1.807) is 30.4 Å². The van der Waals surface area contributed by atoms with Gasteiger partial charge in [0.15, 0.2) is 17.6 Å². The lowest BCUT2D eigenvalue weighted by atomic mass is 9.50. The minimum atomic E-state index is -1.51. The molecule has 0 radical (unpaired) electrons. The van der Waals surface area contributed by atoms with Gasteiger partial charge in [-0.25, -0.2) is 9.59 Å². The fraction of sp³-hybridized carbons (Fsp3) is 0.448. The number of allylic oxidation sites excluding steroid dienone is 3. The Balaban J connectivity index is 1.51. The van der Waals surface area contributed by atoms with E-state index in [4.69, 9.17) is 14.2 Å². The number of aliphatic hydroxyl groups excluding tert-OH is 1. The number of benzene rings is 1. The summed E-state index contributed by atoms with van der Waals surface area (Å²) in [6.45, 7) is 7.60. The summed E-state index contributed by atoms with van der Waals surface area (Å²) < 4.78 is 17.4. The van der Waals surface area contributed by atoms with Gasteiger partial charge in [-0.3, -0.25) is 0 Å². The Kier molecular flexibility index (Phi) is 6.49. The largest absolute Gasteiger partial charge is 0.504 e. The molecule has 4 aliphatic rings. The molecule has 1 fully saturated rings. The van der Waals surface area contributed by atoms with E-state index in [2.05, 4.69) is 11.5 Å². The van der Waals surface area contributed by atoms with Crippen LogP contribution in [0.2, 0.25) is 0 Å². The second-order valence-corrected chi connectivity index (χ2v) is 10.5. The summed E-state index contributed by atoms with van der Waals surface area (Å²) in [5.41, 5.74) is -0.220. The zero-order valence-corrected chi connectivity index (χ0v) is 21.7. The lowest BCUT2D eigenvalue weighted by Gasteiger charge is -2.61. The van der Waals surface area contributed by atoms with E-state index in [9.17, 15) is 24.9 Å². The lowest BCUT2D eigenvalue weighted by Crippen LogP contribution is -2.74. The van der Waals surface area contributed by atoms with Crippen molar-refractivity contribution < 1.29 is 39.1 Å². The van der Waals surface area contributed by atoms with Crippen LogP contribution in [0.4, 0.5) is 0 Å². The van der Waals surface area contributed by atoms with Crippen molar-refractivity contribution in [1.82, 2.24) is 4.90 Å². The number of phenolic OH excluding ortho intramolecular Hbond substituents is 1. The van der Waals surface area contributed by atoms with E-state index in [0.717, 1.165) is 11.1 Å². The van der Waals surface area contributed by atoms with E-state index in [1.807, 2.05) is 20.0 Å². The molecule has 1 aromatic carbocycles. The molecule has 9 heteroatoms. The third-order valence-corrected chi connectivity index (χ3v) is 8.31. The Labute approximate surface area is 221 Å². The Morgan fingerprint density at radius 3 is 2.76 bits per heavy atom. The van der Waals surface area contributed by atoms with Crippen LogP contribution in [0, 0.1) is 0 Å². The molecular formula is C29H33NO8. The van der Waals surface area contributed by atoms with Gasteiger partial charge in [0, 0.05) is 18.0 Å². The van der Waals surface area contributed by atoms with Crippen molar-refractivity contribution in [1.29, 1.82) is 0 Å². The highest BCUT2D eigenvalue weighted by Gasteiger charge is 2.72. The van der Waals surface area contributed by atoms with Crippen LogP contribution in [0.15, 0.2) is 60.4 Å². The molecule has 2 heterocycles. The van der Waals surface area contributed by atoms with Crippen molar-refractivity contribution in [3.8, 4) is 11.5 Å². The highest BCUT2D eigenvalue weighted by Crippen LogP contribution is 2.65. The number of aromatic hydroxyl groups is 1. The second kappa shape index (κ2) is 9.41. The monoisotopic (exact) mass is 523 g/mol. The minimum Gasteiger partial charge on any atom is -0.504 e. The molecule has 2 aliphatic heterocycles. The predicted molar refractivity (Wildman–Crippen MR) is 137 cm³/mol. The van der Waals surface area contributed by atoms with E-state index in [1.165, 1.54) is 13.0 Å². The predicted octanol–water partition coefficient (Wildman–Crippen LogP) is 2.19. The fourth-order valence-corrected chi connectivity index (χ4v) is 6.47. The maximum Gasteiger partial charge on any atom is 0.357 e. The highest BCUT2D eigenvalue weighted by molar-refractivity contribution is 5.85. The third-order valence-electron chi connectivity index (χ3n) is 8.31. The Bertz CT molecular complexity index is 1280. The van der Waals surface area contributed by atoms with Crippen molar-refractivity contribution in [3.63, 3.8) is 0 Å². The van der Waals surface area contributed by atoms with Crippen molar-refractivity contribution >= 4 is 11.9 Å². The number of piperidine rings is 1. The molecular weight excluding hydrogens is 490 g/mol. The van der Waals surface area contributed by atoms with Crippen molar-refractivity contribution in [2.24, 2.45) is 0 Å². The molecule has 202 valence electrons. The van der Waals surface area contributed by atoms with Gasteiger partial charge in [-0.15, -0.1) is 0 Å². The SMILES string of the molecule is C=C(/C=C\C=C/C)[C@H](OC(=O)[C@H](C)O)C(=O)OC1=CC[C@@]2(O)[C@H]3Cc4ccc(O)c5c4C2(CCN3C)C1O5. The summed E-state index contributed by atoms with van der Waals surface area (Å²) >= 11 is 0. The number of rotatable bonds is 7. The van der Waals surface area contributed by atoms with Crippen molar-refractivity contribution in [2.45, 2.75) is 68.5 Å². The number of hydrogen-bond donors (Lipinski definition) is 3. The molecule has 2 unspecified atom stereocenters. The van der Waals surface area contributed by atoms with Crippen LogP contribution in [0.3, 0.4) is 0 Å². The number of carbonyl (C=O) groups excluding carboxylic acids is 2. The molecule has 3 N–H and O–H groups in total. The van der Waals surface area contributed by atoms with Gasteiger partial charge in [-0.2, -0.15) is 0 Å². The van der Waals surface area contributed by atoms with Crippen LogP contribution in [-0.2, 0) is 30.9 Å². The molecule has 38 heavy (non-hydrogen) atoms. The number of likely N-dealkylation sites (N-methyl/N-ethyl adjacent to an activating group) is 1. The zero-order chi connectivity index (χ0) is 27.4. The number of phenols is 1. The van der Waals surface area contributed by atoms with Crippen LogP contribution in [-0.4, -0.2) is 75.7 Å². The first-order valence-corrected chi connectivity index (χ1v) is 12.8. The van der Waals surface area contributed by atoms with Crippen molar-refractivity contribution in [2.75, 3.05) is 13.6 Å². The first kappa shape index (κ1) is 26.2. The summed E-state index contributed by atoms with van der Waals surface area (Å²) in [6.07, 6.45) is 5.81. The van der Waals surface area contributed by atoms with Gasteiger partial charge in [0.1, 0.15) is 11.9 Å². The molecule has 6 atom stereocenters. The number of ether oxygens (including phenoxy) is 3. The normalized spacial score (nSPS) is 30.8. The second-order valence-electron chi connectivity index (χ2n) is 10.5. The topological polar surface area (TPSA) is 126 Å². The maximum absolute atomic E-state index is 13.4. The van der Waals surface area contributed by atoms with Crippen LogP contribution in [0.25, 0.3) is 0 Å². The maximum atomic E-state index is 13.4. The molecule has 1 aromatic rings. The number of esters is 2.